The summed E-state index contributed by atoms with van der Waals surface area (Å²) >= 11 is 0. The predicted molar refractivity (Wildman–Crippen MR) is 177 cm³/mol. The summed E-state index contributed by atoms with van der Waals surface area (Å²) in [7, 11) is 0. The van der Waals surface area contributed by atoms with E-state index < -0.39 is 0 Å². The average Bonchev–Trinajstić information content (AvgIpc) is 3.30. The van der Waals surface area contributed by atoms with E-state index in [0.717, 1.165) is 33.5 Å². The maximum Gasteiger partial charge on any atom is 0.0759 e. The summed E-state index contributed by atoms with van der Waals surface area (Å²) in [6, 6.07) is 41.4. The molecule has 0 saturated carbocycles. The van der Waals surface area contributed by atoms with E-state index in [0.29, 0.717) is 0 Å². The monoisotopic (exact) mass is 551 g/mol. The number of hydrogen-bond acceptors (Lipinski definition) is 3. The number of aromatic nitrogens is 3. The largest absolute Gasteiger partial charge is 0.265 e. The van der Waals surface area contributed by atoms with Crippen LogP contribution in [0.3, 0.4) is 0 Å². The van der Waals surface area contributed by atoms with Crippen molar-refractivity contribution in [2.45, 2.75) is 19.3 Å². The third-order valence-corrected chi connectivity index (χ3v) is 8.84. The number of benzene rings is 4. The van der Waals surface area contributed by atoms with Gasteiger partial charge in [-0.15, -0.1) is 0 Å². The second-order valence-corrected chi connectivity index (χ2v) is 11.7. The zero-order chi connectivity index (χ0) is 29.0. The summed E-state index contributed by atoms with van der Waals surface area (Å²) in [6.07, 6.45) is 7.39. The van der Waals surface area contributed by atoms with Gasteiger partial charge in [-0.2, -0.15) is 0 Å². The summed E-state index contributed by atoms with van der Waals surface area (Å²) in [6.45, 7) is 4.66. The van der Waals surface area contributed by atoms with Crippen LogP contribution < -0.4 is 0 Å². The van der Waals surface area contributed by atoms with Crippen molar-refractivity contribution >= 4 is 10.9 Å². The van der Waals surface area contributed by atoms with Gasteiger partial charge in [-0.05, 0) is 104 Å². The van der Waals surface area contributed by atoms with E-state index in [9.17, 15) is 0 Å². The first-order valence-electron chi connectivity index (χ1n) is 14.7. The first kappa shape index (κ1) is 25.3. The molecule has 43 heavy (non-hydrogen) atoms. The van der Waals surface area contributed by atoms with Gasteiger partial charge in [0.25, 0.3) is 0 Å². The van der Waals surface area contributed by atoms with E-state index in [-0.39, 0.29) is 5.41 Å². The lowest BCUT2D eigenvalue weighted by Gasteiger charge is -2.25. The van der Waals surface area contributed by atoms with E-state index in [4.69, 9.17) is 4.98 Å². The molecule has 0 amide bonds. The van der Waals surface area contributed by atoms with Crippen molar-refractivity contribution < 1.29 is 0 Å². The zero-order valence-corrected chi connectivity index (χ0v) is 24.1. The fraction of sp³-hybridized carbons (Fsp3) is 0.0750. The van der Waals surface area contributed by atoms with Gasteiger partial charge in [0.15, 0.2) is 0 Å². The lowest BCUT2D eigenvalue weighted by atomic mass is 9.78. The van der Waals surface area contributed by atoms with Crippen molar-refractivity contribution in [1.82, 2.24) is 15.0 Å². The van der Waals surface area contributed by atoms with Gasteiger partial charge >= 0.3 is 0 Å². The second kappa shape index (κ2) is 9.85. The molecule has 0 spiro atoms. The number of para-hydroxylation sites is 1. The topological polar surface area (TPSA) is 38.7 Å². The Morgan fingerprint density at radius 3 is 1.63 bits per heavy atom. The normalized spacial score (nSPS) is 13.1. The second-order valence-electron chi connectivity index (χ2n) is 11.7. The molecule has 0 radical (unpaired) electrons. The lowest BCUT2D eigenvalue weighted by Crippen LogP contribution is -2.16. The molecule has 0 N–H and O–H groups in total. The van der Waals surface area contributed by atoms with Crippen LogP contribution in [0.25, 0.3) is 66.7 Å². The summed E-state index contributed by atoms with van der Waals surface area (Å²) in [5.74, 6) is 0. The molecular formula is C40H29N3. The van der Waals surface area contributed by atoms with Crippen LogP contribution in [0.5, 0.6) is 0 Å². The summed E-state index contributed by atoms with van der Waals surface area (Å²) in [5.41, 5.74) is 15.3. The minimum atomic E-state index is -0.157. The van der Waals surface area contributed by atoms with Crippen LogP contribution in [-0.4, -0.2) is 15.0 Å². The van der Waals surface area contributed by atoms with Gasteiger partial charge < -0.3 is 0 Å². The molecule has 0 bridgehead atoms. The molecule has 3 heterocycles. The average molecular weight is 552 g/mol. The molecule has 0 atom stereocenters. The Morgan fingerprint density at radius 2 is 1.00 bits per heavy atom. The number of hydrogen-bond donors (Lipinski definition) is 0. The highest BCUT2D eigenvalue weighted by Gasteiger charge is 2.39. The molecule has 3 aromatic heterocycles. The molecule has 8 rings (SSSR count). The predicted octanol–water partition coefficient (Wildman–Crippen LogP) is 10.00. The van der Waals surface area contributed by atoms with E-state index in [1.165, 1.54) is 44.3 Å². The van der Waals surface area contributed by atoms with Gasteiger partial charge in [-0.1, -0.05) is 80.6 Å². The van der Waals surface area contributed by atoms with Gasteiger partial charge in [0, 0.05) is 41.2 Å². The maximum atomic E-state index is 5.21. The van der Waals surface area contributed by atoms with Crippen molar-refractivity contribution in [2.24, 2.45) is 0 Å². The van der Waals surface area contributed by atoms with Crippen LogP contribution in [0.4, 0.5) is 0 Å². The fourth-order valence-corrected chi connectivity index (χ4v) is 6.73. The number of nitrogens with zero attached hydrogens (tertiary/aromatic N) is 3. The van der Waals surface area contributed by atoms with E-state index in [2.05, 4.69) is 139 Å². The number of rotatable bonds is 4. The highest BCUT2D eigenvalue weighted by molar-refractivity contribution is 6.02. The third kappa shape index (κ3) is 4.16. The number of pyridine rings is 3. The third-order valence-electron chi connectivity index (χ3n) is 8.84. The molecule has 1 aliphatic carbocycles. The lowest BCUT2D eigenvalue weighted by molar-refractivity contribution is 0.662. The SMILES string of the molecule is CC1(C)c2ccccc2-c2nc3ccccc3c(-c3ccc(-c4cc(-c5ccncc5)cc(-c5ccncc5)c4)cc3)c21. The van der Waals surface area contributed by atoms with Crippen LogP contribution in [0.15, 0.2) is 140 Å². The van der Waals surface area contributed by atoms with Crippen LogP contribution >= 0.6 is 0 Å². The standard InChI is InChI=1S/C40H29N3/c1-40(2)35-9-5-3-7-33(35)39-38(40)37(34-8-4-6-10-36(34)43-39)29-13-11-26(12-14-29)30-23-31(27-15-19-41-20-16-27)25-32(24-30)28-17-21-42-22-18-28/h3-25H,1-2H3. The Morgan fingerprint density at radius 1 is 0.488 bits per heavy atom. The summed E-state index contributed by atoms with van der Waals surface area (Å²) in [4.78, 5) is 13.7. The van der Waals surface area contributed by atoms with Crippen molar-refractivity contribution in [3.05, 3.63) is 151 Å². The van der Waals surface area contributed by atoms with Gasteiger partial charge in [0.2, 0.25) is 0 Å². The molecule has 3 nitrogen and oxygen atoms in total. The smallest absolute Gasteiger partial charge is 0.0759 e. The highest BCUT2D eigenvalue weighted by atomic mass is 14.7. The zero-order valence-electron chi connectivity index (χ0n) is 24.1. The van der Waals surface area contributed by atoms with Crippen LogP contribution in [0, 0.1) is 0 Å². The van der Waals surface area contributed by atoms with Gasteiger partial charge in [0.1, 0.15) is 0 Å². The summed E-state index contributed by atoms with van der Waals surface area (Å²) in [5, 5.41) is 1.19. The molecule has 1 aliphatic rings. The first-order valence-corrected chi connectivity index (χ1v) is 14.7. The van der Waals surface area contributed by atoms with E-state index >= 15 is 0 Å². The number of fused-ring (bicyclic) bond motifs is 4. The highest BCUT2D eigenvalue weighted by Crippen LogP contribution is 2.53. The minimum Gasteiger partial charge on any atom is -0.265 e. The molecule has 0 saturated heterocycles. The quantitative estimate of drug-likeness (QED) is 0.218. The molecule has 0 aliphatic heterocycles. The van der Waals surface area contributed by atoms with Crippen LogP contribution in [0.1, 0.15) is 25.0 Å². The first-order chi connectivity index (χ1) is 21.1. The molecule has 4 aromatic carbocycles. The Hall–Kier alpha value is -5.41. The fourth-order valence-electron chi connectivity index (χ4n) is 6.73. The molecule has 0 fully saturated rings. The van der Waals surface area contributed by atoms with Crippen molar-refractivity contribution in [1.29, 1.82) is 0 Å². The van der Waals surface area contributed by atoms with Crippen LogP contribution in [0.2, 0.25) is 0 Å². The van der Waals surface area contributed by atoms with Crippen molar-refractivity contribution in [3.8, 4) is 55.8 Å². The van der Waals surface area contributed by atoms with E-state index in [1.807, 2.05) is 24.8 Å². The van der Waals surface area contributed by atoms with Gasteiger partial charge in [-0.3, -0.25) is 9.97 Å². The molecule has 3 heteroatoms. The van der Waals surface area contributed by atoms with Gasteiger partial charge in [-0.25, -0.2) is 4.98 Å². The minimum absolute atomic E-state index is 0.157. The Bertz CT molecular complexity index is 2070. The van der Waals surface area contributed by atoms with Crippen molar-refractivity contribution in [2.75, 3.05) is 0 Å². The molecule has 0 unspecified atom stereocenters. The van der Waals surface area contributed by atoms with Gasteiger partial charge in [0.05, 0.1) is 11.2 Å². The Balaban J connectivity index is 1.30. The Labute approximate surface area is 251 Å². The maximum absolute atomic E-state index is 5.21. The molecule has 204 valence electrons. The summed E-state index contributed by atoms with van der Waals surface area (Å²) < 4.78 is 0. The molecular weight excluding hydrogens is 522 g/mol. The Kier molecular flexibility index (Phi) is 5.80. The molecule has 7 aromatic rings. The van der Waals surface area contributed by atoms with Crippen LogP contribution in [-0.2, 0) is 5.41 Å². The van der Waals surface area contributed by atoms with E-state index in [1.54, 1.807) is 0 Å². The van der Waals surface area contributed by atoms with Crippen molar-refractivity contribution in [3.63, 3.8) is 0 Å².